The summed E-state index contributed by atoms with van der Waals surface area (Å²) in [4.78, 5) is 12.5. The number of aliphatic hydroxyl groups is 1. The Bertz CT molecular complexity index is 1200. The molecule has 3 N–H and O–H groups in total. The van der Waals surface area contributed by atoms with Crippen molar-refractivity contribution in [3.8, 4) is 0 Å². The van der Waals surface area contributed by atoms with Gasteiger partial charge >= 0.3 is 5.56 Å². The summed E-state index contributed by atoms with van der Waals surface area (Å²) in [6, 6.07) is 13.3. The van der Waals surface area contributed by atoms with Crippen LogP contribution in [0.25, 0.3) is 10.9 Å². The zero-order chi connectivity index (χ0) is 21.4. The number of pyridine rings is 1. The summed E-state index contributed by atoms with van der Waals surface area (Å²) >= 11 is 0. The Morgan fingerprint density at radius 1 is 1.03 bits per heavy atom. The third-order valence-corrected chi connectivity index (χ3v) is 5.83. The maximum atomic E-state index is 12.8. The zero-order valence-electron chi connectivity index (χ0n) is 16.2. The first-order chi connectivity index (χ1) is 13.5. The maximum absolute atomic E-state index is 12.8. The van der Waals surface area contributed by atoms with E-state index in [2.05, 4.69) is 5.32 Å². The summed E-state index contributed by atoms with van der Waals surface area (Å²) in [5, 5.41) is 23.0. The molecule has 0 aliphatic carbocycles. The summed E-state index contributed by atoms with van der Waals surface area (Å²) in [7, 11) is -3.78. The molecule has 0 saturated carbocycles. The fourth-order valence-corrected chi connectivity index (χ4v) is 4.10. The van der Waals surface area contributed by atoms with Gasteiger partial charge in [-0.25, -0.2) is 8.42 Å². The lowest BCUT2D eigenvalue weighted by atomic mass is 10.2. The number of fused-ring (bicyclic) bond motifs is 1. The topological polar surface area (TPSA) is 118 Å². The van der Waals surface area contributed by atoms with Gasteiger partial charge in [0, 0.05) is 5.39 Å². The van der Waals surface area contributed by atoms with Crippen molar-refractivity contribution >= 4 is 26.4 Å². The highest BCUT2D eigenvalue weighted by atomic mass is 32.2. The van der Waals surface area contributed by atoms with Crippen LogP contribution in [0.2, 0.25) is 0 Å². The lowest BCUT2D eigenvalue weighted by Crippen LogP contribution is -2.35. The molecule has 3 rings (SSSR count). The molecule has 9 heteroatoms. The van der Waals surface area contributed by atoms with E-state index in [1.165, 1.54) is 36.4 Å². The monoisotopic (exact) mass is 418 g/mol. The number of aromatic nitrogens is 1. The van der Waals surface area contributed by atoms with Gasteiger partial charge in [-0.15, -0.1) is 4.73 Å². The van der Waals surface area contributed by atoms with Gasteiger partial charge in [0.05, 0.1) is 20.9 Å². The second-order valence-electron chi connectivity index (χ2n) is 7.44. The summed E-state index contributed by atoms with van der Waals surface area (Å²) in [5.74, 6) is 0. The third kappa shape index (κ3) is 4.42. The van der Waals surface area contributed by atoms with Gasteiger partial charge in [-0.05, 0) is 57.2 Å². The van der Waals surface area contributed by atoms with Gasteiger partial charge in [0.1, 0.15) is 5.69 Å². The molecule has 1 atom stereocenters. The Balaban J connectivity index is 2.07. The number of anilines is 1. The van der Waals surface area contributed by atoms with Gasteiger partial charge in [-0.2, -0.15) is 0 Å². The van der Waals surface area contributed by atoms with Gasteiger partial charge in [0.2, 0.25) is 16.3 Å². The molecule has 0 aliphatic rings. The van der Waals surface area contributed by atoms with Crippen molar-refractivity contribution in [1.29, 1.82) is 0 Å². The van der Waals surface area contributed by atoms with Gasteiger partial charge in [0.15, 0.2) is 0 Å². The molecular weight excluding hydrogens is 396 g/mol. The van der Waals surface area contributed by atoms with E-state index in [4.69, 9.17) is 4.74 Å². The Labute approximate surface area is 167 Å². The second-order valence-corrected chi connectivity index (χ2v) is 9.39. The minimum Gasteiger partial charge on any atom is -0.425 e. The Morgan fingerprint density at radius 2 is 1.69 bits per heavy atom. The van der Waals surface area contributed by atoms with Crippen LogP contribution in [-0.4, -0.2) is 35.5 Å². The van der Waals surface area contributed by atoms with Gasteiger partial charge in [-0.3, -0.25) is 4.79 Å². The van der Waals surface area contributed by atoms with Crippen LogP contribution in [0.15, 0.2) is 69.2 Å². The lowest BCUT2D eigenvalue weighted by Gasteiger charge is -2.24. The summed E-state index contributed by atoms with van der Waals surface area (Å²) in [6.45, 7) is 5.18. The molecule has 0 amide bonds. The number of nitrogens with zero attached hydrogens (tertiary/aromatic N) is 1. The quantitative estimate of drug-likeness (QED) is 0.430. The van der Waals surface area contributed by atoms with Crippen LogP contribution in [0.5, 0.6) is 0 Å². The average molecular weight is 418 g/mol. The fourth-order valence-electron chi connectivity index (χ4n) is 2.79. The van der Waals surface area contributed by atoms with E-state index in [-0.39, 0.29) is 26.4 Å². The van der Waals surface area contributed by atoms with E-state index in [0.29, 0.717) is 4.73 Å². The Hall–Kier alpha value is -2.88. The van der Waals surface area contributed by atoms with Crippen molar-refractivity contribution in [3.63, 3.8) is 0 Å². The molecule has 29 heavy (non-hydrogen) atoms. The van der Waals surface area contributed by atoms with Crippen molar-refractivity contribution in [1.82, 2.24) is 4.73 Å². The Morgan fingerprint density at radius 3 is 2.31 bits per heavy atom. The van der Waals surface area contributed by atoms with Crippen LogP contribution in [0, 0.1) is 0 Å². The molecule has 0 aliphatic heterocycles. The van der Waals surface area contributed by atoms with E-state index in [1.807, 2.05) is 0 Å². The third-order valence-electron chi connectivity index (χ3n) is 4.06. The van der Waals surface area contributed by atoms with E-state index in [1.54, 1.807) is 39.0 Å². The van der Waals surface area contributed by atoms with Crippen molar-refractivity contribution in [2.75, 3.05) is 5.32 Å². The minimum absolute atomic E-state index is 0.00675. The van der Waals surface area contributed by atoms with Crippen LogP contribution in [0.3, 0.4) is 0 Å². The molecule has 2 aromatic carbocycles. The number of hydrogen-bond acceptors (Lipinski definition) is 7. The normalized spacial score (nSPS) is 13.4. The van der Waals surface area contributed by atoms with E-state index >= 15 is 0 Å². The molecule has 1 aromatic heterocycles. The van der Waals surface area contributed by atoms with Crippen LogP contribution in [0.4, 0.5) is 5.69 Å². The first-order valence-corrected chi connectivity index (χ1v) is 10.3. The number of sulfone groups is 1. The first kappa shape index (κ1) is 20.8. The number of hydrogen-bond donors (Lipinski definition) is 3. The average Bonchev–Trinajstić information content (AvgIpc) is 2.64. The highest BCUT2D eigenvalue weighted by molar-refractivity contribution is 7.91. The SMILES string of the molecule is CC(C)(C)OC(O)Nc1cc2cc(S(=O)(=O)c3ccccc3)ccc2n(O)c1=O. The van der Waals surface area contributed by atoms with Crippen LogP contribution in [-0.2, 0) is 14.6 Å². The van der Waals surface area contributed by atoms with E-state index in [9.17, 15) is 23.5 Å². The molecule has 1 heterocycles. The number of aliphatic hydroxyl groups excluding tert-OH is 1. The van der Waals surface area contributed by atoms with Gasteiger partial charge < -0.3 is 20.4 Å². The molecule has 0 fully saturated rings. The predicted molar refractivity (Wildman–Crippen MR) is 108 cm³/mol. The standard InChI is InChI=1S/C20H22N2O6S/c1-20(2,3)28-19(24)21-16-12-13-11-15(9-10-17(13)22(25)18(16)23)29(26,27)14-7-5-4-6-8-14/h4-12,19,21,24-25H,1-3H3. The molecule has 1 unspecified atom stereocenters. The molecule has 8 nitrogen and oxygen atoms in total. The molecule has 3 aromatic rings. The van der Waals surface area contributed by atoms with E-state index < -0.39 is 27.4 Å². The van der Waals surface area contributed by atoms with Crippen molar-refractivity contribution < 1.29 is 23.5 Å². The molecule has 0 bridgehead atoms. The summed E-state index contributed by atoms with van der Waals surface area (Å²) < 4.78 is 31.4. The number of nitrogens with one attached hydrogen (secondary N) is 1. The Kier molecular flexibility index (Phi) is 5.40. The maximum Gasteiger partial charge on any atom is 0.306 e. The molecular formula is C20H22N2O6S. The predicted octanol–water partition coefficient (Wildman–Crippen LogP) is 2.57. The second kappa shape index (κ2) is 7.51. The van der Waals surface area contributed by atoms with Crippen molar-refractivity contribution in [2.24, 2.45) is 0 Å². The van der Waals surface area contributed by atoms with Crippen LogP contribution >= 0.6 is 0 Å². The van der Waals surface area contributed by atoms with Crippen LogP contribution in [0.1, 0.15) is 20.8 Å². The smallest absolute Gasteiger partial charge is 0.306 e. The molecule has 0 radical (unpaired) electrons. The highest BCUT2D eigenvalue weighted by Gasteiger charge is 2.21. The fraction of sp³-hybridized carbons (Fsp3) is 0.250. The lowest BCUT2D eigenvalue weighted by molar-refractivity contribution is -0.148. The molecule has 0 saturated heterocycles. The first-order valence-electron chi connectivity index (χ1n) is 8.81. The van der Waals surface area contributed by atoms with Gasteiger partial charge in [-0.1, -0.05) is 18.2 Å². The van der Waals surface area contributed by atoms with Gasteiger partial charge in [0.25, 0.3) is 0 Å². The largest absolute Gasteiger partial charge is 0.425 e. The highest BCUT2D eigenvalue weighted by Crippen LogP contribution is 2.25. The molecule has 154 valence electrons. The van der Waals surface area contributed by atoms with E-state index in [0.717, 1.165) is 0 Å². The zero-order valence-corrected chi connectivity index (χ0v) is 17.0. The van der Waals surface area contributed by atoms with Crippen molar-refractivity contribution in [3.05, 3.63) is 65.0 Å². The summed E-state index contributed by atoms with van der Waals surface area (Å²) in [5.41, 5.74) is -1.52. The molecule has 0 spiro atoms. The summed E-state index contributed by atoms with van der Waals surface area (Å²) in [6.07, 6.45) is -1.50. The number of rotatable bonds is 5. The number of benzene rings is 2. The van der Waals surface area contributed by atoms with Crippen molar-refractivity contribution in [2.45, 2.75) is 42.6 Å². The van der Waals surface area contributed by atoms with Crippen LogP contribution < -0.4 is 10.9 Å². The number of ether oxygens (including phenoxy) is 1. The minimum atomic E-state index is -3.78.